The van der Waals surface area contributed by atoms with Gasteiger partial charge in [-0.15, -0.1) is 0 Å². The molecule has 136 valence electrons. The van der Waals surface area contributed by atoms with Crippen molar-refractivity contribution in [3.63, 3.8) is 0 Å². The Kier molecular flexibility index (Phi) is 5.47. The number of aromatic nitrogens is 5. The van der Waals surface area contributed by atoms with Crippen molar-refractivity contribution in [3.8, 4) is 0 Å². The predicted molar refractivity (Wildman–Crippen MR) is 95.0 cm³/mol. The summed E-state index contributed by atoms with van der Waals surface area (Å²) in [6, 6.07) is 1.88. The normalized spacial score (nSPS) is 19.9. The maximum absolute atomic E-state index is 12.7. The minimum absolute atomic E-state index is 0.0174. The van der Waals surface area contributed by atoms with Crippen LogP contribution in [0.15, 0.2) is 24.9 Å². The molecule has 0 saturated carbocycles. The quantitative estimate of drug-likeness (QED) is 0.863. The van der Waals surface area contributed by atoms with Gasteiger partial charge in [0.2, 0.25) is 5.91 Å². The summed E-state index contributed by atoms with van der Waals surface area (Å²) < 4.78 is 3.70. The van der Waals surface area contributed by atoms with Gasteiger partial charge in [-0.2, -0.15) is 10.2 Å². The van der Waals surface area contributed by atoms with Crippen LogP contribution in [0.25, 0.3) is 0 Å². The van der Waals surface area contributed by atoms with Crippen LogP contribution in [0, 0.1) is 5.92 Å². The summed E-state index contributed by atoms with van der Waals surface area (Å²) in [4.78, 5) is 18.9. The molecule has 3 heterocycles. The second kappa shape index (κ2) is 7.77. The predicted octanol–water partition coefficient (Wildman–Crippen LogP) is 1.79. The minimum atomic E-state index is -0.172. The number of likely N-dealkylation sites (tertiary alicyclic amines) is 1. The van der Waals surface area contributed by atoms with Gasteiger partial charge in [-0.25, -0.2) is 9.67 Å². The molecule has 1 amide bonds. The molecule has 8 nitrogen and oxygen atoms in total. The standard InChI is InChI=1S/C17H27N7O/c1-13(2)24-16(6-7-19-24)21-17(25)14(3)22-8-4-5-15(9-22)10-23-12-18-11-20-23/h6-7,11-15H,4-5,8-10H2,1-3H3,(H,21,25)/t14-,15-/m0/s1. The van der Waals surface area contributed by atoms with E-state index in [0.29, 0.717) is 5.92 Å². The van der Waals surface area contributed by atoms with Crippen molar-refractivity contribution in [1.29, 1.82) is 0 Å². The zero-order chi connectivity index (χ0) is 17.8. The van der Waals surface area contributed by atoms with Crippen LogP contribution in [0.2, 0.25) is 0 Å². The molecular weight excluding hydrogens is 318 g/mol. The first-order valence-corrected chi connectivity index (χ1v) is 8.95. The summed E-state index contributed by atoms with van der Waals surface area (Å²) in [6.45, 7) is 8.77. The molecule has 2 atom stereocenters. The van der Waals surface area contributed by atoms with E-state index in [-0.39, 0.29) is 18.0 Å². The molecule has 0 unspecified atom stereocenters. The van der Waals surface area contributed by atoms with Crippen molar-refractivity contribution in [2.45, 2.75) is 52.2 Å². The largest absolute Gasteiger partial charge is 0.310 e. The van der Waals surface area contributed by atoms with Crippen molar-refractivity contribution >= 4 is 11.7 Å². The average Bonchev–Trinajstić information content (AvgIpc) is 3.26. The van der Waals surface area contributed by atoms with Gasteiger partial charge in [0.05, 0.1) is 12.2 Å². The summed E-state index contributed by atoms with van der Waals surface area (Å²) in [5, 5.41) is 11.5. The van der Waals surface area contributed by atoms with Crippen LogP contribution in [-0.2, 0) is 11.3 Å². The van der Waals surface area contributed by atoms with E-state index in [4.69, 9.17) is 0 Å². The SMILES string of the molecule is CC(C)n1nccc1NC(=O)[C@H](C)N1CCC[C@H](Cn2cncn2)C1. The molecular formula is C17H27N7O. The molecule has 2 aromatic heterocycles. The van der Waals surface area contributed by atoms with Crippen LogP contribution in [-0.4, -0.2) is 54.5 Å². The van der Waals surface area contributed by atoms with E-state index in [0.717, 1.165) is 38.3 Å². The minimum Gasteiger partial charge on any atom is -0.310 e. The maximum Gasteiger partial charge on any atom is 0.242 e. The fourth-order valence-corrected chi connectivity index (χ4v) is 3.41. The van der Waals surface area contributed by atoms with E-state index in [2.05, 4.69) is 25.4 Å². The third-order valence-corrected chi connectivity index (χ3v) is 4.80. The molecule has 1 aliphatic heterocycles. The van der Waals surface area contributed by atoms with Crippen LogP contribution in [0.3, 0.4) is 0 Å². The molecule has 3 rings (SSSR count). The van der Waals surface area contributed by atoms with Crippen molar-refractivity contribution in [2.75, 3.05) is 18.4 Å². The highest BCUT2D eigenvalue weighted by Crippen LogP contribution is 2.21. The first kappa shape index (κ1) is 17.6. The molecule has 25 heavy (non-hydrogen) atoms. The van der Waals surface area contributed by atoms with Crippen LogP contribution < -0.4 is 5.32 Å². The molecule has 0 aliphatic carbocycles. The number of hydrogen-bond donors (Lipinski definition) is 1. The molecule has 1 N–H and O–H groups in total. The first-order valence-electron chi connectivity index (χ1n) is 8.95. The number of anilines is 1. The lowest BCUT2D eigenvalue weighted by Crippen LogP contribution is -2.47. The third kappa shape index (κ3) is 4.25. The Balaban J connectivity index is 1.58. The van der Waals surface area contributed by atoms with Gasteiger partial charge in [0.25, 0.3) is 0 Å². The molecule has 1 saturated heterocycles. The molecule has 1 aliphatic rings. The van der Waals surface area contributed by atoms with Gasteiger partial charge in [-0.05, 0) is 46.1 Å². The Labute approximate surface area is 148 Å². The summed E-state index contributed by atoms with van der Waals surface area (Å²) >= 11 is 0. The number of nitrogens with one attached hydrogen (secondary N) is 1. The topological polar surface area (TPSA) is 80.9 Å². The Morgan fingerprint density at radius 3 is 2.92 bits per heavy atom. The smallest absolute Gasteiger partial charge is 0.242 e. The number of amides is 1. The molecule has 0 spiro atoms. The first-order chi connectivity index (χ1) is 12.0. The molecule has 0 bridgehead atoms. The van der Waals surface area contributed by atoms with Crippen molar-refractivity contribution in [2.24, 2.45) is 5.92 Å². The number of hydrogen-bond acceptors (Lipinski definition) is 5. The van der Waals surface area contributed by atoms with Crippen molar-refractivity contribution < 1.29 is 4.79 Å². The van der Waals surface area contributed by atoms with E-state index in [9.17, 15) is 4.79 Å². The number of piperidine rings is 1. The average molecular weight is 345 g/mol. The Hall–Kier alpha value is -2.22. The van der Waals surface area contributed by atoms with E-state index >= 15 is 0 Å². The van der Waals surface area contributed by atoms with Gasteiger partial charge < -0.3 is 5.32 Å². The lowest BCUT2D eigenvalue weighted by Gasteiger charge is -2.36. The Morgan fingerprint density at radius 2 is 2.20 bits per heavy atom. The highest BCUT2D eigenvalue weighted by molar-refractivity contribution is 5.93. The highest BCUT2D eigenvalue weighted by atomic mass is 16.2. The van der Waals surface area contributed by atoms with Crippen LogP contribution >= 0.6 is 0 Å². The lowest BCUT2D eigenvalue weighted by molar-refractivity contribution is -0.121. The van der Waals surface area contributed by atoms with E-state index < -0.39 is 0 Å². The molecule has 1 fully saturated rings. The zero-order valence-corrected chi connectivity index (χ0v) is 15.2. The van der Waals surface area contributed by atoms with Crippen molar-refractivity contribution in [3.05, 3.63) is 24.9 Å². The van der Waals surface area contributed by atoms with Crippen LogP contribution in [0.1, 0.15) is 39.7 Å². The highest BCUT2D eigenvalue weighted by Gasteiger charge is 2.28. The summed E-state index contributed by atoms with van der Waals surface area (Å²) in [5.41, 5.74) is 0. The molecule has 8 heteroatoms. The van der Waals surface area contributed by atoms with Gasteiger partial charge >= 0.3 is 0 Å². The second-order valence-electron chi connectivity index (χ2n) is 7.04. The maximum atomic E-state index is 12.7. The number of rotatable bonds is 6. The van der Waals surface area contributed by atoms with Gasteiger partial charge in [0.1, 0.15) is 18.5 Å². The second-order valence-corrected chi connectivity index (χ2v) is 7.04. The van der Waals surface area contributed by atoms with Crippen molar-refractivity contribution in [1.82, 2.24) is 29.4 Å². The van der Waals surface area contributed by atoms with Crippen LogP contribution in [0.4, 0.5) is 5.82 Å². The van der Waals surface area contributed by atoms with Crippen LogP contribution in [0.5, 0.6) is 0 Å². The lowest BCUT2D eigenvalue weighted by atomic mass is 9.96. The van der Waals surface area contributed by atoms with Gasteiger partial charge in [0, 0.05) is 25.2 Å². The molecule has 2 aromatic rings. The molecule has 0 aromatic carbocycles. The number of carbonyl (C=O) groups excluding carboxylic acids is 1. The Morgan fingerprint density at radius 1 is 1.36 bits per heavy atom. The fraction of sp³-hybridized carbons (Fsp3) is 0.647. The monoisotopic (exact) mass is 345 g/mol. The van der Waals surface area contributed by atoms with Gasteiger partial charge in [-0.3, -0.25) is 14.4 Å². The number of carbonyl (C=O) groups is 1. The Bertz CT molecular complexity index is 679. The van der Waals surface area contributed by atoms with Gasteiger partial charge in [-0.1, -0.05) is 0 Å². The summed E-state index contributed by atoms with van der Waals surface area (Å²) in [6.07, 6.45) is 7.29. The van der Waals surface area contributed by atoms with E-state index in [1.54, 1.807) is 18.9 Å². The fourth-order valence-electron chi connectivity index (χ4n) is 3.41. The van der Waals surface area contributed by atoms with E-state index in [1.807, 2.05) is 36.2 Å². The third-order valence-electron chi connectivity index (χ3n) is 4.80. The number of nitrogens with zero attached hydrogens (tertiary/aromatic N) is 6. The molecule has 0 radical (unpaired) electrons. The van der Waals surface area contributed by atoms with Gasteiger partial charge in [0.15, 0.2) is 0 Å². The van der Waals surface area contributed by atoms with E-state index in [1.165, 1.54) is 0 Å². The summed E-state index contributed by atoms with van der Waals surface area (Å²) in [7, 11) is 0. The zero-order valence-electron chi connectivity index (χ0n) is 15.2. The summed E-state index contributed by atoms with van der Waals surface area (Å²) in [5.74, 6) is 1.26.